The third-order valence-electron chi connectivity index (χ3n) is 4.07. The molecule has 0 radical (unpaired) electrons. The maximum absolute atomic E-state index is 9.30. The van der Waals surface area contributed by atoms with E-state index in [0.29, 0.717) is 12.5 Å². The Morgan fingerprint density at radius 3 is 2.29 bits per heavy atom. The summed E-state index contributed by atoms with van der Waals surface area (Å²) in [7, 11) is 0. The van der Waals surface area contributed by atoms with Crippen molar-refractivity contribution in [1.82, 2.24) is 5.32 Å². The second-order valence-electron chi connectivity index (χ2n) is 5.02. The highest BCUT2D eigenvalue weighted by Crippen LogP contribution is 2.33. The fourth-order valence-electron chi connectivity index (χ4n) is 2.74. The van der Waals surface area contributed by atoms with Crippen molar-refractivity contribution < 1.29 is 5.11 Å². The van der Waals surface area contributed by atoms with E-state index in [-0.39, 0.29) is 0 Å². The molecule has 0 aromatic carbocycles. The van der Waals surface area contributed by atoms with Crippen molar-refractivity contribution in [3.8, 4) is 0 Å². The Morgan fingerprint density at radius 2 is 1.79 bits per heavy atom. The first-order chi connectivity index (χ1) is 6.90. The molecule has 1 unspecified atom stereocenters. The van der Waals surface area contributed by atoms with Crippen molar-refractivity contribution in [2.75, 3.05) is 13.2 Å². The standard InChI is InChI=1S/C12H23NO/c14-9-11(10-4-3-5-10)8-13-12-6-1-2-7-12/h10-14H,1-9H2. The molecule has 0 saturated heterocycles. The normalized spacial score (nSPS) is 26.4. The smallest absolute Gasteiger partial charge is 0.0474 e. The van der Waals surface area contributed by atoms with E-state index in [4.69, 9.17) is 0 Å². The lowest BCUT2D eigenvalue weighted by Gasteiger charge is -2.33. The fourth-order valence-corrected chi connectivity index (χ4v) is 2.74. The van der Waals surface area contributed by atoms with Crippen LogP contribution < -0.4 is 5.32 Å². The van der Waals surface area contributed by atoms with Crippen LogP contribution in [0.2, 0.25) is 0 Å². The molecule has 2 heteroatoms. The van der Waals surface area contributed by atoms with Crippen molar-refractivity contribution in [2.45, 2.75) is 51.0 Å². The minimum absolute atomic E-state index is 0.379. The molecule has 0 amide bonds. The minimum atomic E-state index is 0.379. The quantitative estimate of drug-likeness (QED) is 0.706. The highest BCUT2D eigenvalue weighted by Gasteiger charge is 2.27. The predicted molar refractivity (Wildman–Crippen MR) is 58.2 cm³/mol. The molecule has 2 fully saturated rings. The first kappa shape index (κ1) is 10.4. The Bertz CT molecular complexity index is 162. The zero-order valence-corrected chi connectivity index (χ0v) is 9.04. The van der Waals surface area contributed by atoms with Gasteiger partial charge < -0.3 is 10.4 Å². The van der Waals surface area contributed by atoms with Gasteiger partial charge in [0.1, 0.15) is 0 Å². The lowest BCUT2D eigenvalue weighted by atomic mass is 9.76. The van der Waals surface area contributed by atoms with Gasteiger partial charge >= 0.3 is 0 Å². The molecule has 82 valence electrons. The summed E-state index contributed by atoms with van der Waals surface area (Å²) in [6.07, 6.45) is 9.56. The Balaban J connectivity index is 1.65. The minimum Gasteiger partial charge on any atom is -0.396 e. The first-order valence-electron chi connectivity index (χ1n) is 6.24. The molecule has 1 atom stereocenters. The van der Waals surface area contributed by atoms with Gasteiger partial charge in [-0.25, -0.2) is 0 Å². The van der Waals surface area contributed by atoms with E-state index in [1.807, 2.05) is 0 Å². The van der Waals surface area contributed by atoms with Crippen LogP contribution in [0.4, 0.5) is 0 Å². The number of rotatable bonds is 5. The fraction of sp³-hybridized carbons (Fsp3) is 1.00. The van der Waals surface area contributed by atoms with Crippen LogP contribution in [0.1, 0.15) is 44.9 Å². The van der Waals surface area contributed by atoms with Crippen molar-refractivity contribution >= 4 is 0 Å². The molecule has 2 nitrogen and oxygen atoms in total. The van der Waals surface area contributed by atoms with Gasteiger partial charge in [0, 0.05) is 19.2 Å². The molecule has 2 aliphatic rings. The highest BCUT2D eigenvalue weighted by molar-refractivity contribution is 4.81. The van der Waals surface area contributed by atoms with Crippen LogP contribution in [-0.2, 0) is 0 Å². The summed E-state index contributed by atoms with van der Waals surface area (Å²) in [5.41, 5.74) is 0. The monoisotopic (exact) mass is 197 g/mol. The zero-order chi connectivity index (χ0) is 9.80. The molecular formula is C12H23NO. The summed E-state index contributed by atoms with van der Waals surface area (Å²) in [4.78, 5) is 0. The van der Waals surface area contributed by atoms with Gasteiger partial charge in [-0.05, 0) is 24.7 Å². The SMILES string of the molecule is OCC(CNC1CCCC1)C1CCC1. The van der Waals surface area contributed by atoms with Crippen LogP contribution in [0.25, 0.3) is 0 Å². The van der Waals surface area contributed by atoms with Crippen LogP contribution in [0.3, 0.4) is 0 Å². The van der Waals surface area contributed by atoms with Crippen LogP contribution in [0.15, 0.2) is 0 Å². The van der Waals surface area contributed by atoms with E-state index in [2.05, 4.69) is 5.32 Å². The maximum atomic E-state index is 9.30. The first-order valence-corrected chi connectivity index (χ1v) is 6.24. The van der Waals surface area contributed by atoms with Gasteiger partial charge in [-0.1, -0.05) is 32.1 Å². The van der Waals surface area contributed by atoms with E-state index in [1.165, 1.54) is 44.9 Å². The molecule has 0 heterocycles. The summed E-state index contributed by atoms with van der Waals surface area (Å²) in [6, 6.07) is 0.754. The lowest BCUT2D eigenvalue weighted by Crippen LogP contribution is -2.37. The maximum Gasteiger partial charge on any atom is 0.0474 e. The Hall–Kier alpha value is -0.0800. The largest absolute Gasteiger partial charge is 0.396 e. The Kier molecular flexibility index (Phi) is 3.82. The summed E-state index contributed by atoms with van der Waals surface area (Å²) < 4.78 is 0. The summed E-state index contributed by atoms with van der Waals surface area (Å²) in [6.45, 7) is 1.43. The van der Waals surface area contributed by atoms with Crippen LogP contribution in [0, 0.1) is 11.8 Å². The van der Waals surface area contributed by atoms with Crippen molar-refractivity contribution in [1.29, 1.82) is 0 Å². The third-order valence-corrected chi connectivity index (χ3v) is 4.07. The average Bonchev–Trinajstić information content (AvgIpc) is 2.61. The van der Waals surface area contributed by atoms with Gasteiger partial charge in [-0.15, -0.1) is 0 Å². The summed E-state index contributed by atoms with van der Waals surface area (Å²) in [5.74, 6) is 1.35. The number of aliphatic hydroxyl groups excluding tert-OH is 1. The molecule has 2 aliphatic carbocycles. The Morgan fingerprint density at radius 1 is 1.07 bits per heavy atom. The van der Waals surface area contributed by atoms with Gasteiger partial charge in [0.15, 0.2) is 0 Å². The number of aliphatic hydroxyl groups is 1. The average molecular weight is 197 g/mol. The van der Waals surface area contributed by atoms with Gasteiger partial charge in [-0.3, -0.25) is 0 Å². The molecule has 14 heavy (non-hydrogen) atoms. The van der Waals surface area contributed by atoms with Crippen LogP contribution in [0.5, 0.6) is 0 Å². The topological polar surface area (TPSA) is 32.3 Å². The molecule has 0 aromatic rings. The van der Waals surface area contributed by atoms with Gasteiger partial charge in [0.2, 0.25) is 0 Å². The van der Waals surface area contributed by atoms with E-state index in [0.717, 1.165) is 18.5 Å². The van der Waals surface area contributed by atoms with Crippen molar-refractivity contribution in [3.63, 3.8) is 0 Å². The van der Waals surface area contributed by atoms with Gasteiger partial charge in [0.05, 0.1) is 0 Å². The van der Waals surface area contributed by atoms with Gasteiger partial charge in [0.25, 0.3) is 0 Å². The number of hydrogen-bond acceptors (Lipinski definition) is 2. The molecule has 2 N–H and O–H groups in total. The molecule has 0 spiro atoms. The zero-order valence-electron chi connectivity index (χ0n) is 9.04. The second-order valence-corrected chi connectivity index (χ2v) is 5.02. The molecule has 0 aliphatic heterocycles. The van der Waals surface area contributed by atoms with Gasteiger partial charge in [-0.2, -0.15) is 0 Å². The van der Waals surface area contributed by atoms with Crippen molar-refractivity contribution in [3.05, 3.63) is 0 Å². The highest BCUT2D eigenvalue weighted by atomic mass is 16.3. The Labute approximate surface area is 87.1 Å². The second kappa shape index (κ2) is 5.13. The van der Waals surface area contributed by atoms with E-state index in [1.54, 1.807) is 0 Å². The predicted octanol–water partition coefficient (Wildman–Crippen LogP) is 1.93. The van der Waals surface area contributed by atoms with E-state index >= 15 is 0 Å². The molecule has 2 saturated carbocycles. The molecule has 2 rings (SSSR count). The molecule has 0 bridgehead atoms. The van der Waals surface area contributed by atoms with E-state index < -0.39 is 0 Å². The number of hydrogen-bond donors (Lipinski definition) is 2. The van der Waals surface area contributed by atoms with E-state index in [9.17, 15) is 5.11 Å². The molecule has 0 aromatic heterocycles. The summed E-state index contributed by atoms with van der Waals surface area (Å²) in [5, 5.41) is 12.9. The third kappa shape index (κ3) is 2.48. The number of nitrogens with one attached hydrogen (secondary N) is 1. The van der Waals surface area contributed by atoms with Crippen LogP contribution in [-0.4, -0.2) is 24.3 Å². The van der Waals surface area contributed by atoms with Crippen LogP contribution >= 0.6 is 0 Å². The summed E-state index contributed by atoms with van der Waals surface area (Å²) >= 11 is 0. The molecular weight excluding hydrogens is 174 g/mol. The van der Waals surface area contributed by atoms with Crippen molar-refractivity contribution in [2.24, 2.45) is 11.8 Å². The lowest BCUT2D eigenvalue weighted by molar-refractivity contribution is 0.119.